The Bertz CT molecular complexity index is 133. The van der Waals surface area contributed by atoms with Gasteiger partial charge in [0.1, 0.15) is 0 Å². The molecule has 4 nitrogen and oxygen atoms in total. The molecule has 0 aromatic heterocycles. The van der Waals surface area contributed by atoms with Crippen molar-refractivity contribution < 1.29 is 19.4 Å². The molecule has 0 aromatic rings. The molecule has 4 heteroatoms. The van der Waals surface area contributed by atoms with Gasteiger partial charge in [-0.2, -0.15) is 0 Å². The summed E-state index contributed by atoms with van der Waals surface area (Å²) in [6, 6.07) is 0. The van der Waals surface area contributed by atoms with E-state index in [2.05, 4.69) is 4.74 Å². The Morgan fingerprint density at radius 1 is 1.50 bits per heavy atom. The Morgan fingerprint density at radius 3 is 2.50 bits per heavy atom. The van der Waals surface area contributed by atoms with Gasteiger partial charge in [0.05, 0.1) is 32.3 Å². The van der Waals surface area contributed by atoms with E-state index in [4.69, 9.17) is 4.74 Å². The first-order chi connectivity index (χ1) is 5.56. The van der Waals surface area contributed by atoms with Gasteiger partial charge in [-0.05, 0) is 13.8 Å². The largest absolute Gasteiger partial charge is 0.469 e. The lowest BCUT2D eigenvalue weighted by atomic mass is 10.3. The molecule has 0 saturated carbocycles. The van der Waals surface area contributed by atoms with Crippen molar-refractivity contribution in [3.8, 4) is 0 Å². The van der Waals surface area contributed by atoms with Crippen molar-refractivity contribution in [2.45, 2.75) is 32.5 Å². The molecule has 0 aliphatic heterocycles. The summed E-state index contributed by atoms with van der Waals surface area (Å²) >= 11 is 0. The number of hydrogen-bond acceptors (Lipinski definition) is 4. The number of carbonyl (C=O) groups is 1. The van der Waals surface area contributed by atoms with Crippen LogP contribution in [0.3, 0.4) is 0 Å². The first-order valence-corrected chi connectivity index (χ1v) is 3.92. The van der Waals surface area contributed by atoms with Gasteiger partial charge < -0.3 is 14.6 Å². The van der Waals surface area contributed by atoms with Gasteiger partial charge in [-0.3, -0.25) is 4.79 Å². The summed E-state index contributed by atoms with van der Waals surface area (Å²) in [5.41, 5.74) is 0. The predicted octanol–water partition coefficient (Wildman–Crippen LogP) is 0.335. The molecular formula is C8H16O4. The molecule has 1 atom stereocenters. The highest BCUT2D eigenvalue weighted by atomic mass is 16.5. The lowest BCUT2D eigenvalue weighted by Gasteiger charge is -2.11. The van der Waals surface area contributed by atoms with Crippen molar-refractivity contribution in [2.24, 2.45) is 0 Å². The minimum absolute atomic E-state index is 0.0107. The van der Waals surface area contributed by atoms with E-state index in [1.807, 2.05) is 13.8 Å². The Hall–Kier alpha value is -0.610. The summed E-state index contributed by atoms with van der Waals surface area (Å²) in [6.45, 7) is 3.91. The molecular weight excluding hydrogens is 160 g/mol. The fraction of sp³-hybridized carbons (Fsp3) is 0.875. The van der Waals surface area contributed by atoms with E-state index >= 15 is 0 Å². The summed E-state index contributed by atoms with van der Waals surface area (Å²) in [4.78, 5) is 10.6. The van der Waals surface area contributed by atoms with Gasteiger partial charge in [-0.25, -0.2) is 0 Å². The molecule has 0 fully saturated rings. The van der Waals surface area contributed by atoms with E-state index in [1.165, 1.54) is 7.11 Å². The second-order valence-corrected chi connectivity index (χ2v) is 2.82. The number of aliphatic hydroxyl groups excluding tert-OH is 1. The van der Waals surface area contributed by atoms with Crippen LogP contribution in [0.1, 0.15) is 20.3 Å². The zero-order valence-electron chi connectivity index (χ0n) is 7.74. The van der Waals surface area contributed by atoms with E-state index in [-0.39, 0.29) is 19.1 Å². The van der Waals surface area contributed by atoms with Gasteiger partial charge in [0.25, 0.3) is 0 Å². The number of rotatable bonds is 5. The molecule has 12 heavy (non-hydrogen) atoms. The fourth-order valence-corrected chi connectivity index (χ4v) is 0.638. The second-order valence-electron chi connectivity index (χ2n) is 2.82. The minimum Gasteiger partial charge on any atom is -0.469 e. The van der Waals surface area contributed by atoms with E-state index in [0.29, 0.717) is 0 Å². The van der Waals surface area contributed by atoms with E-state index in [9.17, 15) is 9.90 Å². The first kappa shape index (κ1) is 11.4. The van der Waals surface area contributed by atoms with E-state index in [0.717, 1.165) is 0 Å². The van der Waals surface area contributed by atoms with Crippen molar-refractivity contribution in [2.75, 3.05) is 13.7 Å². The Balaban J connectivity index is 3.45. The maximum atomic E-state index is 10.6. The maximum Gasteiger partial charge on any atom is 0.308 e. The molecule has 0 radical (unpaired) electrons. The van der Waals surface area contributed by atoms with Crippen molar-refractivity contribution in [3.63, 3.8) is 0 Å². The van der Waals surface area contributed by atoms with Crippen LogP contribution in [0.4, 0.5) is 0 Å². The molecule has 0 heterocycles. The molecule has 1 unspecified atom stereocenters. The van der Waals surface area contributed by atoms with Crippen LogP contribution < -0.4 is 0 Å². The summed E-state index contributed by atoms with van der Waals surface area (Å²) in [5.74, 6) is -0.421. The number of ether oxygens (including phenoxy) is 2. The van der Waals surface area contributed by atoms with E-state index in [1.54, 1.807) is 0 Å². The Morgan fingerprint density at radius 2 is 2.08 bits per heavy atom. The number of esters is 1. The highest BCUT2D eigenvalue weighted by Crippen LogP contribution is 1.97. The molecule has 0 aliphatic rings. The Labute approximate surface area is 72.5 Å². The lowest BCUT2D eigenvalue weighted by Crippen LogP contribution is -2.22. The summed E-state index contributed by atoms with van der Waals surface area (Å²) in [5, 5.41) is 9.17. The van der Waals surface area contributed by atoms with Crippen LogP contribution >= 0.6 is 0 Å². The normalized spacial score (nSPS) is 13.1. The molecule has 0 saturated heterocycles. The van der Waals surface area contributed by atoms with Crippen LogP contribution in [-0.4, -0.2) is 37.0 Å². The van der Waals surface area contributed by atoms with E-state index < -0.39 is 12.1 Å². The molecule has 0 aliphatic carbocycles. The molecule has 72 valence electrons. The van der Waals surface area contributed by atoms with Gasteiger partial charge >= 0.3 is 5.97 Å². The van der Waals surface area contributed by atoms with Crippen LogP contribution in [-0.2, 0) is 14.3 Å². The monoisotopic (exact) mass is 176 g/mol. The van der Waals surface area contributed by atoms with Crippen LogP contribution in [0.25, 0.3) is 0 Å². The van der Waals surface area contributed by atoms with Gasteiger partial charge in [0, 0.05) is 0 Å². The van der Waals surface area contributed by atoms with Crippen LogP contribution in [0.5, 0.6) is 0 Å². The zero-order valence-corrected chi connectivity index (χ0v) is 7.74. The smallest absolute Gasteiger partial charge is 0.308 e. The third kappa shape index (κ3) is 6.12. The van der Waals surface area contributed by atoms with Crippen LogP contribution in [0, 0.1) is 0 Å². The highest BCUT2D eigenvalue weighted by Gasteiger charge is 2.11. The number of hydrogen-bond donors (Lipinski definition) is 1. The van der Waals surface area contributed by atoms with Gasteiger partial charge in [0.15, 0.2) is 0 Å². The average Bonchev–Trinajstić information content (AvgIpc) is 2.00. The molecule has 0 bridgehead atoms. The number of methoxy groups -OCH3 is 1. The summed E-state index contributed by atoms with van der Waals surface area (Å²) in [7, 11) is 1.29. The topological polar surface area (TPSA) is 55.8 Å². The van der Waals surface area contributed by atoms with Crippen molar-refractivity contribution >= 4 is 5.97 Å². The van der Waals surface area contributed by atoms with Crippen LogP contribution in [0.2, 0.25) is 0 Å². The summed E-state index contributed by atoms with van der Waals surface area (Å²) in [6.07, 6.45) is -0.708. The number of carbonyl (C=O) groups excluding carboxylic acids is 1. The van der Waals surface area contributed by atoms with Crippen LogP contribution in [0.15, 0.2) is 0 Å². The fourth-order valence-electron chi connectivity index (χ4n) is 0.638. The second kappa shape index (κ2) is 5.97. The molecule has 0 spiro atoms. The van der Waals surface area contributed by atoms with Gasteiger partial charge in [-0.15, -0.1) is 0 Å². The molecule has 0 rings (SSSR count). The van der Waals surface area contributed by atoms with Crippen molar-refractivity contribution in [1.29, 1.82) is 0 Å². The third-order valence-corrected chi connectivity index (χ3v) is 1.25. The maximum absolute atomic E-state index is 10.6. The third-order valence-electron chi connectivity index (χ3n) is 1.25. The average molecular weight is 176 g/mol. The molecule has 0 aromatic carbocycles. The SMILES string of the molecule is COC(=O)CC(O)COC(C)C. The number of aliphatic hydroxyl groups is 1. The van der Waals surface area contributed by atoms with Crippen molar-refractivity contribution in [1.82, 2.24) is 0 Å². The van der Waals surface area contributed by atoms with Gasteiger partial charge in [0.2, 0.25) is 0 Å². The zero-order chi connectivity index (χ0) is 9.56. The predicted molar refractivity (Wildman–Crippen MR) is 43.7 cm³/mol. The highest BCUT2D eigenvalue weighted by molar-refractivity contribution is 5.69. The summed E-state index contributed by atoms with van der Waals surface area (Å²) < 4.78 is 9.46. The first-order valence-electron chi connectivity index (χ1n) is 3.92. The minimum atomic E-state index is -0.764. The molecule has 0 amide bonds. The quantitative estimate of drug-likeness (QED) is 0.613. The molecule has 1 N–H and O–H groups in total. The Kier molecular flexibility index (Phi) is 5.66. The van der Waals surface area contributed by atoms with Gasteiger partial charge in [-0.1, -0.05) is 0 Å². The standard InChI is InChI=1S/C8H16O4/c1-6(2)12-5-7(9)4-8(10)11-3/h6-7,9H,4-5H2,1-3H3. The van der Waals surface area contributed by atoms with Crippen molar-refractivity contribution in [3.05, 3.63) is 0 Å². The lowest BCUT2D eigenvalue weighted by molar-refractivity contribution is -0.144.